The molecule has 0 unspecified atom stereocenters. The number of rotatable bonds is 14. The fourth-order valence-electron chi connectivity index (χ4n) is 3.76. The second-order valence-corrected chi connectivity index (χ2v) is 9.98. The lowest BCUT2D eigenvalue weighted by atomic mass is 10.1. The van der Waals surface area contributed by atoms with Crippen LogP contribution in [-0.2, 0) is 0 Å². The van der Waals surface area contributed by atoms with Crippen LogP contribution in [0.1, 0.15) is 48.4 Å². The van der Waals surface area contributed by atoms with Gasteiger partial charge in [0, 0.05) is 48.5 Å². The molecule has 12 heteroatoms. The van der Waals surface area contributed by atoms with Crippen LogP contribution < -0.4 is 31.6 Å². The third-order valence-electron chi connectivity index (χ3n) is 6.34. The summed E-state index contributed by atoms with van der Waals surface area (Å²) in [7, 11) is 3.02. The molecule has 0 saturated heterocycles. The average Bonchev–Trinajstić information content (AvgIpc) is 2.95. The Labute approximate surface area is 251 Å². The van der Waals surface area contributed by atoms with E-state index in [2.05, 4.69) is 64.1 Å². The Morgan fingerprint density at radius 2 is 1.18 bits per heavy atom. The topological polar surface area (TPSA) is 135 Å². The molecule has 6 N–H and O–H groups in total. The zero-order valence-electron chi connectivity index (χ0n) is 24.4. The number of anilines is 2. The van der Waals surface area contributed by atoms with E-state index < -0.39 is 0 Å². The van der Waals surface area contributed by atoms with Crippen LogP contribution in [0.15, 0.2) is 28.7 Å². The van der Waals surface area contributed by atoms with Crippen LogP contribution in [0.2, 0.25) is 5.02 Å². The second kappa shape index (κ2) is 18.6. The van der Waals surface area contributed by atoms with Crippen molar-refractivity contribution < 1.29 is 19.1 Å². The molecular weight excluding hydrogens is 600 g/mol. The highest BCUT2D eigenvalue weighted by molar-refractivity contribution is 9.10. The molecule has 0 aliphatic heterocycles. The third-order valence-corrected chi connectivity index (χ3v) is 7.36. The molecule has 2 rings (SSSR count). The van der Waals surface area contributed by atoms with E-state index in [-0.39, 0.29) is 11.8 Å². The molecule has 2 aromatic rings. The zero-order chi connectivity index (χ0) is 30.2. The number of halogens is 2. The zero-order valence-corrected chi connectivity index (χ0v) is 26.7. The summed E-state index contributed by atoms with van der Waals surface area (Å²) in [5.41, 5.74) is 13.3. The maximum Gasteiger partial charge on any atom is 0.255 e. The van der Waals surface area contributed by atoms with Crippen molar-refractivity contribution in [1.29, 1.82) is 0 Å². The fraction of sp³-hybridized carbons (Fsp3) is 0.500. The third kappa shape index (κ3) is 11.0. The first-order chi connectivity index (χ1) is 19.1. The fourth-order valence-corrected chi connectivity index (χ4v) is 4.26. The van der Waals surface area contributed by atoms with Crippen molar-refractivity contribution in [2.75, 3.05) is 78.0 Å². The number of hydrogen-bond acceptors (Lipinski definition) is 8. The molecular formula is C28H44BrClN6O4. The van der Waals surface area contributed by atoms with E-state index in [1.807, 2.05) is 0 Å². The number of hydrogen-bond donors (Lipinski definition) is 4. The number of likely N-dealkylation sites (N-methyl/N-ethyl adjacent to an activating group) is 2. The molecule has 0 fully saturated rings. The smallest absolute Gasteiger partial charge is 0.255 e. The quantitative estimate of drug-likeness (QED) is 0.226. The van der Waals surface area contributed by atoms with E-state index in [1.54, 1.807) is 18.2 Å². The summed E-state index contributed by atoms with van der Waals surface area (Å²) in [4.78, 5) is 28.8. The molecule has 224 valence electrons. The summed E-state index contributed by atoms with van der Waals surface area (Å²) < 4.78 is 11.0. The number of carbonyl (C=O) groups is 2. The summed E-state index contributed by atoms with van der Waals surface area (Å²) in [6.07, 6.45) is 0. The molecule has 40 heavy (non-hydrogen) atoms. The number of carbonyl (C=O) groups excluding carboxylic acids is 2. The first-order valence-corrected chi connectivity index (χ1v) is 14.5. The Balaban J connectivity index is 0.000000400. The summed E-state index contributed by atoms with van der Waals surface area (Å²) in [5, 5.41) is 6.10. The van der Waals surface area contributed by atoms with E-state index in [4.69, 9.17) is 32.5 Å². The Kier molecular flexibility index (Phi) is 16.4. The highest BCUT2D eigenvalue weighted by Gasteiger charge is 2.16. The number of nitrogens with zero attached hydrogens (tertiary/aromatic N) is 2. The van der Waals surface area contributed by atoms with Gasteiger partial charge in [-0.2, -0.15) is 0 Å². The van der Waals surface area contributed by atoms with Gasteiger partial charge in [-0.3, -0.25) is 9.59 Å². The van der Waals surface area contributed by atoms with Crippen molar-refractivity contribution in [1.82, 2.24) is 20.4 Å². The summed E-state index contributed by atoms with van der Waals surface area (Å²) in [6, 6.07) is 6.41. The lowest BCUT2D eigenvalue weighted by molar-refractivity contribution is 0.0937. The van der Waals surface area contributed by atoms with Gasteiger partial charge in [-0.1, -0.05) is 39.3 Å². The summed E-state index contributed by atoms with van der Waals surface area (Å²) >= 11 is 9.27. The summed E-state index contributed by atoms with van der Waals surface area (Å²) in [5.74, 6) is 0.531. The molecule has 0 aliphatic rings. The predicted molar refractivity (Wildman–Crippen MR) is 168 cm³/mol. The predicted octanol–water partition coefficient (Wildman–Crippen LogP) is 4.11. The number of amides is 2. The van der Waals surface area contributed by atoms with Gasteiger partial charge in [0.1, 0.15) is 11.5 Å². The van der Waals surface area contributed by atoms with Gasteiger partial charge in [0.15, 0.2) is 0 Å². The van der Waals surface area contributed by atoms with Gasteiger partial charge in [0.2, 0.25) is 0 Å². The largest absolute Gasteiger partial charge is 0.496 e. The maximum absolute atomic E-state index is 12.2. The minimum atomic E-state index is -0.212. The van der Waals surface area contributed by atoms with Crippen LogP contribution in [0.25, 0.3) is 0 Å². The van der Waals surface area contributed by atoms with Gasteiger partial charge in [-0.05, 0) is 54.2 Å². The highest BCUT2D eigenvalue weighted by atomic mass is 79.9. The van der Waals surface area contributed by atoms with E-state index in [0.717, 1.165) is 39.3 Å². The number of methoxy groups -OCH3 is 2. The highest BCUT2D eigenvalue weighted by Crippen LogP contribution is 2.29. The number of benzene rings is 2. The normalized spacial score (nSPS) is 10.7. The van der Waals surface area contributed by atoms with Crippen LogP contribution in [0, 0.1) is 0 Å². The Bertz CT molecular complexity index is 1010. The van der Waals surface area contributed by atoms with Gasteiger partial charge in [0.25, 0.3) is 11.8 Å². The van der Waals surface area contributed by atoms with Gasteiger partial charge in [-0.25, -0.2) is 0 Å². The standard InChI is InChI=1S/C14H22BrN3O2.C14H22ClN3O2/c2*1-4-18(5-2)7-6-17-14(19)10-8-11(15)12(16)9-13(10)20-3/h2*8-9H,4-7,16H2,1-3H3,(H,17,19). The molecule has 0 heterocycles. The van der Waals surface area contributed by atoms with E-state index >= 15 is 0 Å². The molecule has 2 amide bonds. The van der Waals surface area contributed by atoms with Crippen LogP contribution in [0.5, 0.6) is 11.5 Å². The molecule has 0 bridgehead atoms. The SMILES string of the molecule is CCN(CC)CCNC(=O)c1cc(Br)c(N)cc1OC.CCN(CC)CCNC(=O)c1cc(Cl)c(N)cc1OC. The van der Waals surface area contributed by atoms with Gasteiger partial charge in [0.05, 0.1) is 36.1 Å². The van der Waals surface area contributed by atoms with Crippen molar-refractivity contribution in [3.63, 3.8) is 0 Å². The van der Waals surface area contributed by atoms with Gasteiger partial charge < -0.3 is 41.4 Å². The van der Waals surface area contributed by atoms with Crippen LogP contribution in [-0.4, -0.2) is 88.2 Å². The van der Waals surface area contributed by atoms with E-state index in [1.165, 1.54) is 20.3 Å². The second-order valence-electron chi connectivity index (χ2n) is 8.71. The van der Waals surface area contributed by atoms with Crippen molar-refractivity contribution in [2.24, 2.45) is 0 Å². The minimum Gasteiger partial charge on any atom is -0.496 e. The molecule has 0 spiro atoms. The molecule has 0 aliphatic carbocycles. The van der Waals surface area contributed by atoms with Crippen molar-refractivity contribution >= 4 is 50.7 Å². The number of nitrogen functional groups attached to an aromatic ring is 2. The molecule has 0 radical (unpaired) electrons. The van der Waals surface area contributed by atoms with E-state index in [0.29, 0.717) is 56.6 Å². The van der Waals surface area contributed by atoms with Crippen LogP contribution in [0.4, 0.5) is 11.4 Å². The lowest BCUT2D eigenvalue weighted by Gasteiger charge is -2.18. The van der Waals surface area contributed by atoms with Gasteiger partial charge in [-0.15, -0.1) is 0 Å². The summed E-state index contributed by atoms with van der Waals surface area (Å²) in [6.45, 7) is 15.1. The lowest BCUT2D eigenvalue weighted by Crippen LogP contribution is -2.34. The average molecular weight is 644 g/mol. The van der Waals surface area contributed by atoms with E-state index in [9.17, 15) is 9.59 Å². The van der Waals surface area contributed by atoms with Crippen LogP contribution >= 0.6 is 27.5 Å². The first kappa shape index (κ1) is 35.3. The maximum atomic E-state index is 12.2. The molecule has 0 saturated carbocycles. The Hall–Kier alpha value is -2.73. The molecule has 0 atom stereocenters. The first-order valence-electron chi connectivity index (χ1n) is 13.3. The van der Waals surface area contributed by atoms with Gasteiger partial charge >= 0.3 is 0 Å². The van der Waals surface area contributed by atoms with Crippen LogP contribution in [0.3, 0.4) is 0 Å². The van der Waals surface area contributed by atoms with Crippen molar-refractivity contribution in [2.45, 2.75) is 27.7 Å². The molecule has 10 nitrogen and oxygen atoms in total. The van der Waals surface area contributed by atoms with Crippen molar-refractivity contribution in [3.8, 4) is 11.5 Å². The van der Waals surface area contributed by atoms with Crippen molar-refractivity contribution in [3.05, 3.63) is 44.9 Å². The monoisotopic (exact) mass is 642 g/mol. The Morgan fingerprint density at radius 1 is 0.775 bits per heavy atom. The number of ether oxygens (including phenoxy) is 2. The number of nitrogens with one attached hydrogen (secondary N) is 2. The molecule has 2 aromatic carbocycles. The number of nitrogens with two attached hydrogens (primary N) is 2. The minimum absolute atomic E-state index is 0.158. The Morgan fingerprint density at radius 3 is 1.57 bits per heavy atom. The molecule has 0 aromatic heterocycles.